The first-order valence-electron chi connectivity index (χ1n) is 9.43. The van der Waals surface area contributed by atoms with Gasteiger partial charge in [-0.05, 0) is 17.5 Å². The minimum absolute atomic E-state index is 0. The Kier molecular flexibility index (Phi) is 7.08. The topological polar surface area (TPSA) is 56.3 Å². The molecule has 2 heterocycles. The summed E-state index contributed by atoms with van der Waals surface area (Å²) in [5.41, 5.74) is 3.59. The third-order valence-corrected chi connectivity index (χ3v) is 5.10. The van der Waals surface area contributed by atoms with Gasteiger partial charge in [0, 0.05) is 26.1 Å². The normalized spacial score (nSPS) is 16.7. The first kappa shape index (κ1) is 20.4. The minimum atomic E-state index is 0. The van der Waals surface area contributed by atoms with Gasteiger partial charge in [-0.2, -0.15) is 0 Å². The van der Waals surface area contributed by atoms with Crippen LogP contribution in [0.1, 0.15) is 23.7 Å². The first-order chi connectivity index (χ1) is 13.3. The fraction of sp³-hybridized carbons (Fsp3) is 0.273. The van der Waals surface area contributed by atoms with E-state index >= 15 is 0 Å². The predicted molar refractivity (Wildman–Crippen MR) is 125 cm³/mol. The average molecular weight is 487 g/mol. The zero-order chi connectivity index (χ0) is 18.5. The summed E-state index contributed by atoms with van der Waals surface area (Å²) in [6, 6.07) is 21.0. The number of hydrogen-bond donors (Lipinski definition) is 2. The second kappa shape index (κ2) is 9.73. The molecule has 1 saturated heterocycles. The Morgan fingerprint density at radius 3 is 2.57 bits per heavy atom. The number of likely N-dealkylation sites (tertiary alicyclic amines) is 1. The highest BCUT2D eigenvalue weighted by Gasteiger charge is 2.25. The number of benzene rings is 2. The van der Waals surface area contributed by atoms with Crippen LogP contribution in [0.3, 0.4) is 0 Å². The standard InChI is InChI=1S/C22H25N5.HI/c1-23-22(27-13-12-19(16-27)17-8-4-2-5-9-17)25-15-21-24-14-20(26-21)18-10-6-3-7-11-18;/h2-11,14,19H,12-13,15-16H2,1H3,(H,23,25)(H,24,26);1H. The lowest BCUT2D eigenvalue weighted by Gasteiger charge is -2.21. The van der Waals surface area contributed by atoms with Crippen molar-refractivity contribution < 1.29 is 0 Å². The molecule has 0 radical (unpaired) electrons. The molecule has 4 rings (SSSR count). The lowest BCUT2D eigenvalue weighted by Crippen LogP contribution is -2.39. The van der Waals surface area contributed by atoms with Crippen LogP contribution in [0.2, 0.25) is 0 Å². The Morgan fingerprint density at radius 1 is 1.14 bits per heavy atom. The van der Waals surface area contributed by atoms with E-state index in [1.807, 2.05) is 31.4 Å². The van der Waals surface area contributed by atoms with Gasteiger partial charge in [-0.15, -0.1) is 24.0 Å². The zero-order valence-corrected chi connectivity index (χ0v) is 18.3. The van der Waals surface area contributed by atoms with Crippen LogP contribution in [0.25, 0.3) is 11.3 Å². The second-order valence-corrected chi connectivity index (χ2v) is 6.85. The highest BCUT2D eigenvalue weighted by Crippen LogP contribution is 2.26. The van der Waals surface area contributed by atoms with Crippen molar-refractivity contribution in [2.45, 2.75) is 18.9 Å². The summed E-state index contributed by atoms with van der Waals surface area (Å²) in [5.74, 6) is 2.41. The van der Waals surface area contributed by atoms with E-state index in [0.29, 0.717) is 12.5 Å². The largest absolute Gasteiger partial charge is 0.349 e. The maximum absolute atomic E-state index is 4.50. The Labute approximate surface area is 183 Å². The van der Waals surface area contributed by atoms with Crippen molar-refractivity contribution in [1.29, 1.82) is 0 Å². The maximum Gasteiger partial charge on any atom is 0.194 e. The van der Waals surface area contributed by atoms with Crippen LogP contribution >= 0.6 is 24.0 Å². The molecule has 1 aromatic heterocycles. The molecule has 1 unspecified atom stereocenters. The fourth-order valence-electron chi connectivity index (χ4n) is 3.66. The molecule has 6 heteroatoms. The van der Waals surface area contributed by atoms with Gasteiger partial charge in [0.1, 0.15) is 5.82 Å². The van der Waals surface area contributed by atoms with Gasteiger partial charge >= 0.3 is 0 Å². The first-order valence-corrected chi connectivity index (χ1v) is 9.43. The van der Waals surface area contributed by atoms with E-state index in [-0.39, 0.29) is 24.0 Å². The molecule has 1 fully saturated rings. The van der Waals surface area contributed by atoms with Gasteiger partial charge in [0.2, 0.25) is 0 Å². The van der Waals surface area contributed by atoms with Gasteiger partial charge in [0.15, 0.2) is 5.96 Å². The van der Waals surface area contributed by atoms with E-state index in [9.17, 15) is 0 Å². The predicted octanol–water partition coefficient (Wildman–Crippen LogP) is 4.26. The van der Waals surface area contributed by atoms with Crippen molar-refractivity contribution in [3.63, 3.8) is 0 Å². The summed E-state index contributed by atoms with van der Waals surface area (Å²) in [6.07, 6.45) is 3.04. The van der Waals surface area contributed by atoms with Crippen molar-refractivity contribution in [2.75, 3.05) is 20.1 Å². The molecule has 0 bridgehead atoms. The molecular weight excluding hydrogens is 461 g/mol. The van der Waals surface area contributed by atoms with E-state index in [1.54, 1.807) is 0 Å². The molecule has 2 N–H and O–H groups in total. The van der Waals surface area contributed by atoms with E-state index in [1.165, 1.54) is 5.56 Å². The zero-order valence-electron chi connectivity index (χ0n) is 16.0. The van der Waals surface area contributed by atoms with Crippen LogP contribution in [0.5, 0.6) is 0 Å². The molecule has 0 aliphatic carbocycles. The summed E-state index contributed by atoms with van der Waals surface area (Å²) in [4.78, 5) is 14.7. The maximum atomic E-state index is 4.50. The molecule has 0 amide bonds. The van der Waals surface area contributed by atoms with Gasteiger partial charge in [0.25, 0.3) is 0 Å². The number of nitrogens with one attached hydrogen (secondary N) is 2. The monoisotopic (exact) mass is 487 g/mol. The molecule has 146 valence electrons. The number of nitrogens with zero attached hydrogens (tertiary/aromatic N) is 3. The molecule has 2 aromatic carbocycles. The molecule has 1 aliphatic heterocycles. The lowest BCUT2D eigenvalue weighted by molar-refractivity contribution is 0.484. The number of aromatic amines is 1. The fourth-order valence-corrected chi connectivity index (χ4v) is 3.66. The molecule has 3 aromatic rings. The van der Waals surface area contributed by atoms with Crippen LogP contribution in [0.15, 0.2) is 71.9 Å². The molecule has 28 heavy (non-hydrogen) atoms. The van der Waals surface area contributed by atoms with Crippen LogP contribution in [0.4, 0.5) is 0 Å². The molecule has 1 aliphatic rings. The quantitative estimate of drug-likeness (QED) is 0.329. The van der Waals surface area contributed by atoms with E-state index < -0.39 is 0 Å². The van der Waals surface area contributed by atoms with Crippen molar-refractivity contribution in [3.05, 3.63) is 78.2 Å². The number of rotatable bonds is 4. The molecule has 0 spiro atoms. The number of hydrogen-bond acceptors (Lipinski definition) is 2. The van der Waals surface area contributed by atoms with E-state index in [4.69, 9.17) is 0 Å². The number of imidazole rings is 1. The van der Waals surface area contributed by atoms with Crippen molar-refractivity contribution in [1.82, 2.24) is 20.2 Å². The van der Waals surface area contributed by atoms with E-state index in [0.717, 1.165) is 42.6 Å². The van der Waals surface area contributed by atoms with E-state index in [2.05, 4.69) is 67.6 Å². The van der Waals surface area contributed by atoms with Gasteiger partial charge in [0.05, 0.1) is 18.4 Å². The average Bonchev–Trinajstić information content (AvgIpc) is 3.40. The van der Waals surface area contributed by atoms with Crippen LogP contribution in [-0.4, -0.2) is 41.0 Å². The SMILES string of the molecule is CN=C(NCc1ncc(-c2ccccc2)[nH]1)N1CCC(c2ccccc2)C1.I. The van der Waals surface area contributed by atoms with Crippen molar-refractivity contribution in [2.24, 2.45) is 4.99 Å². The Morgan fingerprint density at radius 2 is 1.86 bits per heavy atom. The summed E-state index contributed by atoms with van der Waals surface area (Å²) in [6.45, 7) is 2.65. The van der Waals surface area contributed by atoms with Crippen LogP contribution in [-0.2, 0) is 6.54 Å². The van der Waals surface area contributed by atoms with Crippen LogP contribution < -0.4 is 5.32 Å². The summed E-state index contributed by atoms with van der Waals surface area (Å²) >= 11 is 0. The summed E-state index contributed by atoms with van der Waals surface area (Å²) < 4.78 is 0. The van der Waals surface area contributed by atoms with Crippen molar-refractivity contribution in [3.8, 4) is 11.3 Å². The van der Waals surface area contributed by atoms with Gasteiger partial charge in [-0.1, -0.05) is 60.7 Å². The number of aromatic nitrogens is 2. The second-order valence-electron chi connectivity index (χ2n) is 6.85. The summed E-state index contributed by atoms with van der Waals surface area (Å²) in [7, 11) is 1.84. The number of halogens is 1. The molecular formula is C22H26IN5. The van der Waals surface area contributed by atoms with Gasteiger partial charge < -0.3 is 15.2 Å². The molecule has 1 atom stereocenters. The lowest BCUT2D eigenvalue weighted by atomic mass is 9.99. The third kappa shape index (κ3) is 4.73. The minimum Gasteiger partial charge on any atom is -0.349 e. The van der Waals surface area contributed by atoms with Crippen molar-refractivity contribution >= 4 is 29.9 Å². The number of guanidine groups is 1. The van der Waals surface area contributed by atoms with Crippen LogP contribution in [0, 0.1) is 0 Å². The Bertz CT molecular complexity index is 892. The molecule has 5 nitrogen and oxygen atoms in total. The number of aliphatic imine (C=N–C) groups is 1. The number of H-pyrrole nitrogens is 1. The summed E-state index contributed by atoms with van der Waals surface area (Å²) in [5, 5.41) is 3.45. The Balaban J connectivity index is 0.00000225. The molecule has 0 saturated carbocycles. The smallest absolute Gasteiger partial charge is 0.194 e. The van der Waals surface area contributed by atoms with Gasteiger partial charge in [-0.25, -0.2) is 4.98 Å². The Hall–Kier alpha value is -2.35. The van der Waals surface area contributed by atoms with Gasteiger partial charge in [-0.3, -0.25) is 4.99 Å². The highest BCUT2D eigenvalue weighted by atomic mass is 127. The third-order valence-electron chi connectivity index (χ3n) is 5.10. The highest BCUT2D eigenvalue weighted by molar-refractivity contribution is 14.0.